The van der Waals surface area contributed by atoms with Crippen LogP contribution in [0.15, 0.2) is 29.2 Å². The van der Waals surface area contributed by atoms with Crippen LogP contribution in [0.4, 0.5) is 0 Å². The molecule has 1 aliphatic heterocycles. The summed E-state index contributed by atoms with van der Waals surface area (Å²) in [7, 11) is 0. The van der Waals surface area contributed by atoms with Crippen LogP contribution in [0.3, 0.4) is 0 Å². The van der Waals surface area contributed by atoms with Crippen molar-refractivity contribution in [1.82, 2.24) is 10.2 Å². The molecule has 1 aliphatic rings. The van der Waals surface area contributed by atoms with Crippen molar-refractivity contribution in [1.29, 1.82) is 0 Å². The second-order valence-corrected chi connectivity index (χ2v) is 5.77. The van der Waals surface area contributed by atoms with Gasteiger partial charge in [-0.3, -0.25) is 4.79 Å². The summed E-state index contributed by atoms with van der Waals surface area (Å²) in [6.45, 7) is 5.34. The Balaban J connectivity index is 1.81. The normalized spacial score (nSPS) is 17.0. The summed E-state index contributed by atoms with van der Waals surface area (Å²) < 4.78 is 5.26. The van der Waals surface area contributed by atoms with Crippen molar-refractivity contribution in [3.05, 3.63) is 29.8 Å². The van der Waals surface area contributed by atoms with Gasteiger partial charge in [-0.2, -0.15) is 0 Å². The van der Waals surface area contributed by atoms with E-state index in [1.165, 1.54) is 10.5 Å². The molecule has 0 spiro atoms. The molecule has 1 unspecified atom stereocenters. The second kappa shape index (κ2) is 7.67. The van der Waals surface area contributed by atoms with Gasteiger partial charge < -0.3 is 15.0 Å². The van der Waals surface area contributed by atoms with Crippen molar-refractivity contribution < 1.29 is 9.53 Å². The Labute approximate surface area is 124 Å². The topological polar surface area (TPSA) is 41.6 Å². The second-order valence-electron chi connectivity index (χ2n) is 4.89. The highest BCUT2D eigenvalue weighted by Gasteiger charge is 2.21. The molecule has 4 nitrogen and oxygen atoms in total. The van der Waals surface area contributed by atoms with E-state index in [1.807, 2.05) is 11.8 Å². The summed E-state index contributed by atoms with van der Waals surface area (Å²) in [5.74, 6) is 0.161. The minimum Gasteiger partial charge on any atom is -0.378 e. The van der Waals surface area contributed by atoms with Gasteiger partial charge in [0.2, 0.25) is 5.91 Å². The molecule has 0 saturated carbocycles. The molecule has 0 radical (unpaired) electrons. The third kappa shape index (κ3) is 4.23. The first-order valence-corrected chi connectivity index (χ1v) is 8.16. The molecule has 0 aromatic heterocycles. The van der Waals surface area contributed by atoms with Crippen molar-refractivity contribution >= 4 is 17.7 Å². The summed E-state index contributed by atoms with van der Waals surface area (Å²) in [6, 6.07) is 8.26. The largest absolute Gasteiger partial charge is 0.378 e. The Kier molecular flexibility index (Phi) is 5.88. The van der Waals surface area contributed by atoms with Crippen molar-refractivity contribution in [2.75, 3.05) is 32.6 Å². The van der Waals surface area contributed by atoms with Crippen LogP contribution in [-0.4, -0.2) is 49.4 Å². The maximum Gasteiger partial charge on any atom is 0.239 e. The van der Waals surface area contributed by atoms with Crippen LogP contribution in [0, 0.1) is 0 Å². The van der Waals surface area contributed by atoms with Crippen LogP contribution >= 0.6 is 11.8 Å². The number of hydrogen-bond donors (Lipinski definition) is 1. The number of nitrogens with one attached hydrogen (secondary N) is 1. The molecule has 5 heteroatoms. The van der Waals surface area contributed by atoms with Gasteiger partial charge in [0.05, 0.1) is 19.3 Å². The molecular weight excluding hydrogens is 272 g/mol. The number of amides is 1. The van der Waals surface area contributed by atoms with Crippen LogP contribution in [0.25, 0.3) is 0 Å². The summed E-state index contributed by atoms with van der Waals surface area (Å²) in [5, 5.41) is 3.29. The number of ether oxygens (including phenoxy) is 1. The molecular formula is C15H22N2O2S. The SMILES string of the molecule is CSc1ccc(CNC(C)C(=O)N2CCOCC2)cc1. The summed E-state index contributed by atoms with van der Waals surface area (Å²) in [6.07, 6.45) is 2.07. The van der Waals surface area contributed by atoms with Crippen molar-refractivity contribution in [2.45, 2.75) is 24.4 Å². The van der Waals surface area contributed by atoms with Gasteiger partial charge in [0.1, 0.15) is 0 Å². The van der Waals surface area contributed by atoms with E-state index in [0.717, 1.165) is 0 Å². The van der Waals surface area contributed by atoms with Gasteiger partial charge in [-0.1, -0.05) is 12.1 Å². The van der Waals surface area contributed by atoms with Gasteiger partial charge in [0.15, 0.2) is 0 Å². The highest BCUT2D eigenvalue weighted by molar-refractivity contribution is 7.98. The van der Waals surface area contributed by atoms with Gasteiger partial charge in [-0.05, 0) is 30.9 Å². The third-order valence-corrected chi connectivity index (χ3v) is 4.21. The van der Waals surface area contributed by atoms with E-state index in [1.54, 1.807) is 11.8 Å². The first-order chi connectivity index (χ1) is 9.70. The first-order valence-electron chi connectivity index (χ1n) is 6.93. The average molecular weight is 294 g/mol. The van der Waals surface area contributed by atoms with Crippen LogP contribution in [-0.2, 0) is 16.1 Å². The van der Waals surface area contributed by atoms with Gasteiger partial charge in [-0.25, -0.2) is 0 Å². The zero-order chi connectivity index (χ0) is 14.4. The fourth-order valence-corrected chi connectivity index (χ4v) is 2.57. The number of nitrogens with zero attached hydrogens (tertiary/aromatic N) is 1. The van der Waals surface area contributed by atoms with E-state index in [9.17, 15) is 4.79 Å². The number of morpholine rings is 1. The highest BCUT2D eigenvalue weighted by Crippen LogP contribution is 2.14. The predicted molar refractivity (Wildman–Crippen MR) is 81.9 cm³/mol. The minimum atomic E-state index is -0.159. The number of benzene rings is 1. The van der Waals surface area contributed by atoms with Gasteiger partial charge in [0.25, 0.3) is 0 Å². The monoisotopic (exact) mass is 294 g/mol. The Morgan fingerprint density at radius 2 is 2.00 bits per heavy atom. The molecule has 0 aliphatic carbocycles. The van der Waals surface area contributed by atoms with E-state index in [0.29, 0.717) is 32.8 Å². The van der Waals surface area contributed by atoms with Crippen LogP contribution < -0.4 is 5.32 Å². The molecule has 1 saturated heterocycles. The lowest BCUT2D eigenvalue weighted by Gasteiger charge is -2.29. The summed E-state index contributed by atoms with van der Waals surface area (Å²) >= 11 is 1.73. The minimum absolute atomic E-state index is 0.159. The Bertz CT molecular complexity index is 430. The van der Waals surface area contributed by atoms with E-state index in [2.05, 4.69) is 35.8 Å². The average Bonchev–Trinajstić information content (AvgIpc) is 2.53. The lowest BCUT2D eigenvalue weighted by atomic mass is 10.2. The Hall–Kier alpha value is -1.04. The van der Waals surface area contributed by atoms with Gasteiger partial charge in [-0.15, -0.1) is 11.8 Å². The number of hydrogen-bond acceptors (Lipinski definition) is 4. The fourth-order valence-electron chi connectivity index (χ4n) is 2.16. The smallest absolute Gasteiger partial charge is 0.239 e. The molecule has 1 aromatic carbocycles. The number of thioether (sulfide) groups is 1. The standard InChI is InChI=1S/C15H22N2O2S/c1-12(15(18)17-7-9-19-10-8-17)16-11-13-3-5-14(20-2)6-4-13/h3-6,12,16H,7-11H2,1-2H3. The first kappa shape index (κ1) is 15.4. The highest BCUT2D eigenvalue weighted by atomic mass is 32.2. The van der Waals surface area contributed by atoms with E-state index < -0.39 is 0 Å². The molecule has 110 valence electrons. The number of carbonyl (C=O) groups excluding carboxylic acids is 1. The molecule has 1 fully saturated rings. The molecule has 1 aromatic rings. The molecule has 0 bridgehead atoms. The fraction of sp³-hybridized carbons (Fsp3) is 0.533. The molecule has 1 amide bonds. The molecule has 1 heterocycles. The lowest BCUT2D eigenvalue weighted by molar-refractivity contribution is -0.137. The van der Waals surface area contributed by atoms with E-state index in [-0.39, 0.29) is 11.9 Å². The molecule has 2 rings (SSSR count). The van der Waals surface area contributed by atoms with Gasteiger partial charge >= 0.3 is 0 Å². The van der Waals surface area contributed by atoms with E-state index in [4.69, 9.17) is 4.74 Å². The summed E-state index contributed by atoms with van der Waals surface area (Å²) in [5.41, 5.74) is 1.20. The van der Waals surface area contributed by atoms with E-state index >= 15 is 0 Å². The quantitative estimate of drug-likeness (QED) is 0.840. The number of rotatable bonds is 5. The van der Waals surface area contributed by atoms with Crippen LogP contribution in [0.1, 0.15) is 12.5 Å². The molecule has 1 N–H and O–H groups in total. The predicted octanol–water partition coefficient (Wildman–Crippen LogP) is 1.75. The lowest BCUT2D eigenvalue weighted by Crippen LogP contribution is -2.49. The zero-order valence-electron chi connectivity index (χ0n) is 12.1. The van der Waals surface area contributed by atoms with Crippen molar-refractivity contribution in [2.24, 2.45) is 0 Å². The van der Waals surface area contributed by atoms with Crippen molar-refractivity contribution in [3.63, 3.8) is 0 Å². The van der Waals surface area contributed by atoms with Crippen LogP contribution in [0.5, 0.6) is 0 Å². The Morgan fingerprint density at radius 1 is 1.35 bits per heavy atom. The molecule has 20 heavy (non-hydrogen) atoms. The zero-order valence-corrected chi connectivity index (χ0v) is 12.9. The van der Waals surface area contributed by atoms with Crippen molar-refractivity contribution in [3.8, 4) is 0 Å². The summed E-state index contributed by atoms with van der Waals surface area (Å²) in [4.78, 5) is 15.4. The maximum atomic E-state index is 12.2. The molecule has 1 atom stereocenters. The Morgan fingerprint density at radius 3 is 2.60 bits per heavy atom. The van der Waals surface area contributed by atoms with Crippen LogP contribution in [0.2, 0.25) is 0 Å². The number of carbonyl (C=O) groups is 1. The third-order valence-electron chi connectivity index (χ3n) is 3.46. The maximum absolute atomic E-state index is 12.2. The van der Waals surface area contributed by atoms with Gasteiger partial charge in [0, 0.05) is 24.5 Å².